The van der Waals surface area contributed by atoms with Gasteiger partial charge in [-0.15, -0.1) is 10.2 Å². The average Bonchev–Trinajstić information content (AvgIpc) is 3.94. The van der Waals surface area contributed by atoms with Crippen LogP contribution in [0, 0.1) is 0 Å². The maximum absolute atomic E-state index is 4.76. The van der Waals surface area contributed by atoms with E-state index < -0.39 is 0 Å². The summed E-state index contributed by atoms with van der Waals surface area (Å²) in [6.45, 7) is 0. The van der Waals surface area contributed by atoms with Gasteiger partial charge in [0.05, 0.1) is 0 Å². The van der Waals surface area contributed by atoms with E-state index in [9.17, 15) is 0 Å². The maximum atomic E-state index is 4.76. The number of nitrogens with zero attached hydrogens (tertiary/aromatic N) is 4. The van der Waals surface area contributed by atoms with E-state index in [-0.39, 0.29) is 0 Å². The standard InChI is InChI=1S/C70H48N4/c1-3-17-55(18-4-1)69-71-72-70(74(69)61-21-5-2-6-22-61)56-31-29-53(30-32-56)65-23-11-13-25-67(65)68-26-14-12-24-66(68)54-39-45-64(46-40-54)73(62-41-35-51(36-42-62)59-33-27-49-15-7-9-19-57(49)47-59)63-43-37-52(38-44-63)60-34-28-50-16-8-10-20-58(50)48-60/h1-48H. The van der Waals surface area contributed by atoms with Crippen molar-refractivity contribution >= 4 is 38.6 Å². The lowest BCUT2D eigenvalue weighted by Gasteiger charge is -2.26. The Kier molecular flexibility index (Phi) is 11.5. The quantitative estimate of drug-likeness (QED) is 0.130. The Labute approximate surface area is 431 Å². The molecule has 13 rings (SSSR count). The first kappa shape index (κ1) is 44.1. The monoisotopic (exact) mass is 944 g/mol. The van der Waals surface area contributed by atoms with Gasteiger partial charge < -0.3 is 4.90 Å². The molecule has 0 saturated carbocycles. The predicted molar refractivity (Wildman–Crippen MR) is 309 cm³/mol. The highest BCUT2D eigenvalue weighted by Gasteiger charge is 2.19. The molecule has 0 atom stereocenters. The highest BCUT2D eigenvalue weighted by molar-refractivity contribution is 5.93. The third-order valence-electron chi connectivity index (χ3n) is 14.2. The normalized spacial score (nSPS) is 11.2. The highest BCUT2D eigenvalue weighted by Crippen LogP contribution is 2.42. The molecule has 0 aliphatic rings. The predicted octanol–water partition coefficient (Wildman–Crippen LogP) is 18.7. The number of anilines is 3. The summed E-state index contributed by atoms with van der Waals surface area (Å²) < 4.78 is 2.14. The molecule has 0 unspecified atom stereocenters. The summed E-state index contributed by atoms with van der Waals surface area (Å²) in [7, 11) is 0. The number of aromatic nitrogens is 3. The van der Waals surface area contributed by atoms with Crippen molar-refractivity contribution < 1.29 is 0 Å². The number of fused-ring (bicyclic) bond motifs is 2. The topological polar surface area (TPSA) is 34.0 Å². The fourth-order valence-corrected chi connectivity index (χ4v) is 10.4. The van der Waals surface area contributed by atoms with E-state index >= 15 is 0 Å². The molecule has 0 aliphatic carbocycles. The largest absolute Gasteiger partial charge is 0.311 e. The van der Waals surface area contributed by atoms with Gasteiger partial charge in [-0.05, 0) is 138 Å². The summed E-state index contributed by atoms with van der Waals surface area (Å²) in [5.41, 5.74) is 17.9. The Morgan fingerprint density at radius 3 is 1.01 bits per heavy atom. The van der Waals surface area contributed by atoms with Gasteiger partial charge in [0.2, 0.25) is 0 Å². The molecule has 0 aliphatic heterocycles. The molecule has 348 valence electrons. The van der Waals surface area contributed by atoms with E-state index in [0.29, 0.717) is 0 Å². The fourth-order valence-electron chi connectivity index (χ4n) is 10.4. The molecule has 1 aromatic heterocycles. The van der Waals surface area contributed by atoms with Crippen LogP contribution in [-0.4, -0.2) is 14.8 Å². The van der Waals surface area contributed by atoms with Crippen LogP contribution in [0.1, 0.15) is 0 Å². The van der Waals surface area contributed by atoms with Crippen LogP contribution in [0.25, 0.3) is 106 Å². The minimum Gasteiger partial charge on any atom is -0.311 e. The fraction of sp³-hybridized carbons (Fsp3) is 0. The van der Waals surface area contributed by atoms with E-state index in [0.717, 1.165) is 62.2 Å². The zero-order valence-electron chi connectivity index (χ0n) is 40.5. The van der Waals surface area contributed by atoms with Crippen LogP contribution in [-0.2, 0) is 0 Å². The van der Waals surface area contributed by atoms with Gasteiger partial charge in [-0.1, -0.05) is 231 Å². The van der Waals surface area contributed by atoms with Crippen molar-refractivity contribution in [1.29, 1.82) is 0 Å². The molecule has 4 heteroatoms. The summed E-state index contributed by atoms with van der Waals surface area (Å²) >= 11 is 0. The summed E-state index contributed by atoms with van der Waals surface area (Å²) in [4.78, 5) is 2.35. The molecule has 0 saturated heterocycles. The van der Waals surface area contributed by atoms with Crippen molar-refractivity contribution in [2.24, 2.45) is 0 Å². The Hall–Kier alpha value is -9.90. The van der Waals surface area contributed by atoms with Crippen LogP contribution in [0.5, 0.6) is 0 Å². The second-order valence-electron chi connectivity index (χ2n) is 18.7. The molecule has 0 spiro atoms. The van der Waals surface area contributed by atoms with Crippen molar-refractivity contribution in [2.45, 2.75) is 0 Å². The number of hydrogen-bond donors (Lipinski definition) is 0. The smallest absolute Gasteiger partial charge is 0.168 e. The van der Waals surface area contributed by atoms with Crippen molar-refractivity contribution in [2.75, 3.05) is 4.90 Å². The van der Waals surface area contributed by atoms with Crippen LogP contribution in [0.2, 0.25) is 0 Å². The SMILES string of the molecule is c1ccc(-c2nnc(-c3ccc(-c4ccccc4-c4ccccc4-c4ccc(N(c5ccc(-c6ccc7ccccc7c6)cc5)c5ccc(-c6ccc7ccccc7c6)cc5)cc4)cc3)n2-c2ccccc2)cc1. The minimum absolute atomic E-state index is 0.790. The first-order valence-corrected chi connectivity index (χ1v) is 25.1. The lowest BCUT2D eigenvalue weighted by molar-refractivity contribution is 1.07. The minimum atomic E-state index is 0.790. The molecule has 0 fully saturated rings. The maximum Gasteiger partial charge on any atom is 0.168 e. The van der Waals surface area contributed by atoms with Crippen molar-refractivity contribution in [3.05, 3.63) is 291 Å². The average molecular weight is 945 g/mol. The molecular weight excluding hydrogens is 897 g/mol. The molecule has 0 amide bonds. The summed E-state index contributed by atoms with van der Waals surface area (Å²) in [6.07, 6.45) is 0. The van der Waals surface area contributed by atoms with E-state index in [4.69, 9.17) is 10.2 Å². The lowest BCUT2D eigenvalue weighted by Crippen LogP contribution is -2.09. The third kappa shape index (κ3) is 8.51. The molecule has 1 heterocycles. The van der Waals surface area contributed by atoms with Gasteiger partial charge in [0.15, 0.2) is 11.6 Å². The molecule has 0 bridgehead atoms. The molecule has 4 nitrogen and oxygen atoms in total. The van der Waals surface area contributed by atoms with E-state index in [1.165, 1.54) is 60.5 Å². The zero-order valence-corrected chi connectivity index (χ0v) is 40.5. The van der Waals surface area contributed by atoms with Crippen LogP contribution in [0.15, 0.2) is 291 Å². The number of rotatable bonds is 11. The molecule has 13 aromatic rings. The van der Waals surface area contributed by atoms with Gasteiger partial charge in [-0.2, -0.15) is 0 Å². The van der Waals surface area contributed by atoms with E-state index in [2.05, 4.69) is 276 Å². The van der Waals surface area contributed by atoms with Crippen LogP contribution in [0.3, 0.4) is 0 Å². The first-order valence-electron chi connectivity index (χ1n) is 25.1. The van der Waals surface area contributed by atoms with Gasteiger partial charge in [-0.25, -0.2) is 0 Å². The van der Waals surface area contributed by atoms with Gasteiger partial charge in [0.1, 0.15) is 0 Å². The summed E-state index contributed by atoms with van der Waals surface area (Å²) in [6, 6.07) is 104. The number of hydrogen-bond acceptors (Lipinski definition) is 3. The van der Waals surface area contributed by atoms with Crippen LogP contribution < -0.4 is 4.90 Å². The molecule has 12 aromatic carbocycles. The lowest BCUT2D eigenvalue weighted by atomic mass is 9.89. The Bertz CT molecular complexity index is 3960. The van der Waals surface area contributed by atoms with Crippen LogP contribution in [0.4, 0.5) is 17.1 Å². The van der Waals surface area contributed by atoms with Gasteiger partial charge in [0, 0.05) is 33.9 Å². The molecule has 74 heavy (non-hydrogen) atoms. The second kappa shape index (κ2) is 19.4. The summed E-state index contributed by atoms with van der Waals surface area (Å²) in [5, 5.41) is 14.4. The second-order valence-corrected chi connectivity index (χ2v) is 18.7. The van der Waals surface area contributed by atoms with Gasteiger partial charge >= 0.3 is 0 Å². The Morgan fingerprint density at radius 1 is 0.230 bits per heavy atom. The molecule has 0 radical (unpaired) electrons. The zero-order chi connectivity index (χ0) is 49.2. The third-order valence-corrected chi connectivity index (χ3v) is 14.2. The van der Waals surface area contributed by atoms with E-state index in [1.54, 1.807) is 0 Å². The highest BCUT2D eigenvalue weighted by atomic mass is 15.3. The number of benzene rings is 12. The van der Waals surface area contributed by atoms with Gasteiger partial charge in [-0.3, -0.25) is 4.57 Å². The summed E-state index contributed by atoms with van der Waals surface area (Å²) in [5.74, 6) is 1.59. The van der Waals surface area contributed by atoms with Gasteiger partial charge in [0.25, 0.3) is 0 Å². The van der Waals surface area contributed by atoms with E-state index in [1.807, 2.05) is 24.3 Å². The first-order chi connectivity index (χ1) is 36.7. The van der Waals surface area contributed by atoms with Crippen molar-refractivity contribution in [3.8, 4) is 84.1 Å². The molecule has 0 N–H and O–H groups in total. The molecular formula is C70H48N4. The Balaban J connectivity index is 0.835. The number of para-hydroxylation sites is 1. The van der Waals surface area contributed by atoms with Crippen molar-refractivity contribution in [1.82, 2.24) is 14.8 Å². The Morgan fingerprint density at radius 2 is 0.554 bits per heavy atom. The van der Waals surface area contributed by atoms with Crippen LogP contribution >= 0.6 is 0 Å². The van der Waals surface area contributed by atoms with Crippen molar-refractivity contribution in [3.63, 3.8) is 0 Å².